The number of aromatic amines is 1. The predicted octanol–water partition coefficient (Wildman–Crippen LogP) is 2.63. The highest BCUT2D eigenvalue weighted by molar-refractivity contribution is 7.92. The van der Waals surface area contributed by atoms with Crippen molar-refractivity contribution in [1.82, 2.24) is 9.88 Å². The first-order valence-corrected chi connectivity index (χ1v) is 10.8. The van der Waals surface area contributed by atoms with Crippen molar-refractivity contribution in [2.24, 2.45) is 0 Å². The third-order valence-electron chi connectivity index (χ3n) is 4.45. The Kier molecular flexibility index (Phi) is 6.38. The fourth-order valence-corrected chi connectivity index (χ4v) is 4.03. The summed E-state index contributed by atoms with van der Waals surface area (Å²) < 4.78 is 32.5. The van der Waals surface area contributed by atoms with Gasteiger partial charge in [0.15, 0.2) is 0 Å². The minimum Gasteiger partial charge on any atom is -0.463 e. The average molecular weight is 417 g/mol. The first-order chi connectivity index (χ1) is 13.9. The van der Waals surface area contributed by atoms with Crippen LogP contribution < -0.4 is 4.72 Å². The van der Waals surface area contributed by atoms with Crippen LogP contribution in [0, 0.1) is 0 Å². The van der Waals surface area contributed by atoms with Crippen LogP contribution in [0.2, 0.25) is 0 Å². The number of hydrogen-bond donors (Lipinski definition) is 2. The minimum atomic E-state index is -3.84. The highest BCUT2D eigenvalue weighted by Crippen LogP contribution is 2.19. The second-order valence-corrected chi connectivity index (χ2v) is 8.24. The van der Waals surface area contributed by atoms with E-state index in [-0.39, 0.29) is 16.5 Å². The van der Waals surface area contributed by atoms with E-state index in [1.807, 2.05) is 0 Å². The number of rotatable bonds is 7. The van der Waals surface area contributed by atoms with Gasteiger partial charge in [-0.25, -0.2) is 13.2 Å². The zero-order valence-electron chi connectivity index (χ0n) is 16.1. The molecular formula is C20H23N3O5S. The molecule has 3 rings (SSSR count). The van der Waals surface area contributed by atoms with Crippen LogP contribution in [0.5, 0.6) is 0 Å². The number of benzene rings is 1. The maximum absolute atomic E-state index is 12.6. The summed E-state index contributed by atoms with van der Waals surface area (Å²) in [4.78, 5) is 28.2. The van der Waals surface area contributed by atoms with Gasteiger partial charge in [-0.3, -0.25) is 9.52 Å². The SMILES string of the molecule is CCOC(=O)C=Cc1ccc(NS(=O)(=O)c2c[nH]c(C(=O)N3CCCC3)c2)cc1. The van der Waals surface area contributed by atoms with Crippen LogP contribution in [0.1, 0.15) is 35.8 Å². The Morgan fingerprint density at radius 2 is 1.90 bits per heavy atom. The third-order valence-corrected chi connectivity index (χ3v) is 5.81. The van der Waals surface area contributed by atoms with Gasteiger partial charge in [-0.1, -0.05) is 12.1 Å². The van der Waals surface area contributed by atoms with Gasteiger partial charge in [-0.2, -0.15) is 0 Å². The van der Waals surface area contributed by atoms with E-state index in [9.17, 15) is 18.0 Å². The Balaban J connectivity index is 1.66. The number of sulfonamides is 1. The fraction of sp³-hybridized carbons (Fsp3) is 0.300. The molecule has 1 aromatic carbocycles. The summed E-state index contributed by atoms with van der Waals surface area (Å²) in [6.07, 6.45) is 6.12. The van der Waals surface area contributed by atoms with Crippen LogP contribution in [-0.4, -0.2) is 49.9 Å². The number of nitrogens with zero attached hydrogens (tertiary/aromatic N) is 1. The van der Waals surface area contributed by atoms with Crippen molar-refractivity contribution >= 4 is 33.7 Å². The number of hydrogen-bond acceptors (Lipinski definition) is 5. The van der Waals surface area contributed by atoms with E-state index < -0.39 is 16.0 Å². The molecule has 2 aromatic rings. The molecule has 1 aliphatic heterocycles. The van der Waals surface area contributed by atoms with E-state index in [0.717, 1.165) is 18.4 Å². The maximum Gasteiger partial charge on any atom is 0.330 e. The quantitative estimate of drug-likeness (QED) is 0.532. The second-order valence-electron chi connectivity index (χ2n) is 6.56. The monoisotopic (exact) mass is 417 g/mol. The number of amides is 1. The molecule has 9 heteroatoms. The van der Waals surface area contributed by atoms with Crippen LogP contribution in [0.4, 0.5) is 5.69 Å². The van der Waals surface area contributed by atoms with Crippen molar-refractivity contribution in [2.75, 3.05) is 24.4 Å². The fourth-order valence-electron chi connectivity index (χ4n) is 2.97. The molecule has 0 spiro atoms. The van der Waals surface area contributed by atoms with Gasteiger partial charge in [-0.15, -0.1) is 0 Å². The van der Waals surface area contributed by atoms with Crippen LogP contribution in [0.3, 0.4) is 0 Å². The topological polar surface area (TPSA) is 109 Å². The van der Waals surface area contributed by atoms with E-state index in [2.05, 4.69) is 9.71 Å². The van der Waals surface area contributed by atoms with Gasteiger partial charge in [0.05, 0.1) is 6.61 Å². The Bertz CT molecular complexity index is 1000. The lowest BCUT2D eigenvalue weighted by molar-refractivity contribution is -0.137. The largest absolute Gasteiger partial charge is 0.463 e. The maximum atomic E-state index is 12.6. The Morgan fingerprint density at radius 3 is 2.55 bits per heavy atom. The molecule has 0 unspecified atom stereocenters. The number of ether oxygens (including phenoxy) is 1. The lowest BCUT2D eigenvalue weighted by atomic mass is 10.2. The molecule has 2 N–H and O–H groups in total. The molecule has 8 nitrogen and oxygen atoms in total. The van der Waals surface area contributed by atoms with Gasteiger partial charge in [0.2, 0.25) is 0 Å². The smallest absolute Gasteiger partial charge is 0.330 e. The van der Waals surface area contributed by atoms with Crippen molar-refractivity contribution in [3.8, 4) is 0 Å². The molecule has 1 fully saturated rings. The van der Waals surface area contributed by atoms with Crippen molar-refractivity contribution in [3.05, 3.63) is 53.9 Å². The molecule has 0 atom stereocenters. The number of carbonyl (C=O) groups is 2. The van der Waals surface area contributed by atoms with Crippen LogP contribution in [0.15, 0.2) is 47.5 Å². The standard InChI is InChI=1S/C20H23N3O5S/c1-2-28-19(24)10-7-15-5-8-16(9-6-15)22-29(26,27)17-13-18(21-14-17)20(25)23-11-3-4-12-23/h5-10,13-14,21-22H,2-4,11-12H2,1H3. The first kappa shape index (κ1) is 20.7. The zero-order chi connectivity index (χ0) is 20.9. The molecule has 1 amide bonds. The molecule has 1 aliphatic rings. The van der Waals surface area contributed by atoms with E-state index in [1.165, 1.54) is 18.3 Å². The van der Waals surface area contributed by atoms with E-state index >= 15 is 0 Å². The number of H-pyrrole nitrogens is 1. The van der Waals surface area contributed by atoms with Gasteiger partial charge in [0.25, 0.3) is 15.9 Å². The summed E-state index contributed by atoms with van der Waals surface area (Å²) in [5, 5.41) is 0. The summed E-state index contributed by atoms with van der Waals surface area (Å²) >= 11 is 0. The highest BCUT2D eigenvalue weighted by Gasteiger charge is 2.23. The van der Waals surface area contributed by atoms with Gasteiger partial charge < -0.3 is 14.6 Å². The summed E-state index contributed by atoms with van der Waals surface area (Å²) in [6, 6.07) is 7.87. The number of esters is 1. The summed E-state index contributed by atoms with van der Waals surface area (Å²) in [5.41, 5.74) is 1.35. The summed E-state index contributed by atoms with van der Waals surface area (Å²) in [5.74, 6) is -0.634. The van der Waals surface area contributed by atoms with Crippen LogP contribution in [0.25, 0.3) is 6.08 Å². The Hall–Kier alpha value is -3.07. The molecule has 154 valence electrons. The lowest BCUT2D eigenvalue weighted by Gasteiger charge is -2.13. The van der Waals surface area contributed by atoms with Gasteiger partial charge in [-0.05, 0) is 49.6 Å². The van der Waals surface area contributed by atoms with E-state index in [1.54, 1.807) is 42.2 Å². The molecule has 0 bridgehead atoms. The second kappa shape index (κ2) is 8.95. The molecular weight excluding hydrogens is 394 g/mol. The van der Waals surface area contributed by atoms with Crippen LogP contribution >= 0.6 is 0 Å². The number of nitrogens with one attached hydrogen (secondary N) is 2. The number of aromatic nitrogens is 1. The summed E-state index contributed by atoms with van der Waals surface area (Å²) in [6.45, 7) is 3.40. The number of carbonyl (C=O) groups excluding carboxylic acids is 2. The lowest BCUT2D eigenvalue weighted by Crippen LogP contribution is -2.27. The van der Waals surface area contributed by atoms with Crippen molar-refractivity contribution < 1.29 is 22.7 Å². The van der Waals surface area contributed by atoms with Gasteiger partial charge >= 0.3 is 5.97 Å². The molecule has 0 saturated carbocycles. The molecule has 1 saturated heterocycles. The van der Waals surface area contributed by atoms with Gasteiger partial charge in [0.1, 0.15) is 10.6 Å². The summed E-state index contributed by atoms with van der Waals surface area (Å²) in [7, 11) is -3.84. The molecule has 0 radical (unpaired) electrons. The normalized spacial score (nSPS) is 14.3. The third kappa shape index (κ3) is 5.26. The first-order valence-electron chi connectivity index (χ1n) is 9.34. The van der Waals surface area contributed by atoms with Crippen LogP contribution in [-0.2, 0) is 19.6 Å². The zero-order valence-corrected chi connectivity index (χ0v) is 16.9. The van der Waals surface area contributed by atoms with E-state index in [4.69, 9.17) is 4.74 Å². The predicted molar refractivity (Wildman–Crippen MR) is 109 cm³/mol. The molecule has 1 aromatic heterocycles. The van der Waals surface area contributed by atoms with E-state index in [0.29, 0.717) is 25.4 Å². The Morgan fingerprint density at radius 1 is 1.21 bits per heavy atom. The highest BCUT2D eigenvalue weighted by atomic mass is 32.2. The van der Waals surface area contributed by atoms with Crippen molar-refractivity contribution in [1.29, 1.82) is 0 Å². The average Bonchev–Trinajstić information content (AvgIpc) is 3.39. The van der Waals surface area contributed by atoms with Gasteiger partial charge in [0, 0.05) is 31.0 Å². The van der Waals surface area contributed by atoms with Crippen molar-refractivity contribution in [2.45, 2.75) is 24.7 Å². The number of anilines is 1. The van der Waals surface area contributed by atoms with Crippen molar-refractivity contribution in [3.63, 3.8) is 0 Å². The Labute approximate surface area is 169 Å². The number of likely N-dealkylation sites (tertiary alicyclic amines) is 1. The minimum absolute atomic E-state index is 0.00803. The molecule has 0 aliphatic carbocycles. The molecule has 29 heavy (non-hydrogen) atoms. The molecule has 2 heterocycles.